The largest absolute Gasteiger partial charge is 0.381 e. The van der Waals surface area contributed by atoms with Gasteiger partial charge in [0, 0.05) is 79.8 Å². The third-order valence-corrected chi connectivity index (χ3v) is 8.82. The Kier molecular flexibility index (Phi) is 5.31. The van der Waals surface area contributed by atoms with Crippen LogP contribution in [0.1, 0.15) is 40.9 Å². The van der Waals surface area contributed by atoms with E-state index in [1.165, 1.54) is 16.8 Å². The number of carbonyl (C=O) groups is 1. The van der Waals surface area contributed by atoms with E-state index in [4.69, 9.17) is 4.74 Å². The van der Waals surface area contributed by atoms with Crippen molar-refractivity contribution in [3.05, 3.63) is 35.0 Å². The van der Waals surface area contributed by atoms with Crippen molar-refractivity contribution in [1.82, 2.24) is 14.8 Å². The first-order valence-electron chi connectivity index (χ1n) is 10.9. The Hall–Kier alpha value is -1.58. The van der Waals surface area contributed by atoms with Crippen molar-refractivity contribution in [3.8, 4) is 0 Å². The Balaban J connectivity index is 1.40. The number of carbonyl (C=O) groups excluding carboxylic acids is 1. The minimum atomic E-state index is -2.52. The third kappa shape index (κ3) is 3.76. The zero-order valence-electron chi connectivity index (χ0n) is 17.5. The molecule has 5 rings (SSSR count). The molecule has 30 heavy (non-hydrogen) atoms. The summed E-state index contributed by atoms with van der Waals surface area (Å²) in [4.78, 5) is 15.4. The summed E-state index contributed by atoms with van der Waals surface area (Å²) in [5.74, 6) is 0.515. The van der Waals surface area contributed by atoms with Crippen LogP contribution in [0.4, 0.5) is 0 Å². The predicted octanol–water partition coefficient (Wildman–Crippen LogP) is 2.97. The molecule has 3 aliphatic heterocycles. The molecule has 2 fully saturated rings. The molecule has 2 aromatic rings. The van der Waals surface area contributed by atoms with Crippen molar-refractivity contribution in [3.63, 3.8) is 0 Å². The van der Waals surface area contributed by atoms with Crippen LogP contribution in [0.25, 0.3) is 10.9 Å². The Morgan fingerprint density at radius 3 is 2.77 bits per heavy atom. The molecule has 1 atom stereocenters. The molecule has 0 radical (unpaired) electrons. The van der Waals surface area contributed by atoms with E-state index in [0.717, 1.165) is 51.0 Å². The average Bonchev–Trinajstić information content (AvgIpc) is 3.24. The van der Waals surface area contributed by atoms with E-state index in [2.05, 4.69) is 21.8 Å². The number of hydrogen-bond acceptors (Lipinski definition) is 5. The maximum absolute atomic E-state index is 12.8. The van der Waals surface area contributed by atoms with Gasteiger partial charge in [-0.3, -0.25) is 18.8 Å². The van der Waals surface area contributed by atoms with Gasteiger partial charge < -0.3 is 14.6 Å². The van der Waals surface area contributed by atoms with Gasteiger partial charge in [-0.25, -0.2) is 0 Å². The molecular formula is C22H31N3O4S. The number of rotatable bonds is 3. The molecule has 2 saturated heterocycles. The van der Waals surface area contributed by atoms with Crippen molar-refractivity contribution in [2.45, 2.75) is 44.3 Å². The Labute approximate surface area is 178 Å². The molecule has 7 nitrogen and oxygen atoms in total. The first-order valence-corrected chi connectivity index (χ1v) is 12.8. The molecular weight excluding hydrogens is 402 g/mol. The fourth-order valence-electron chi connectivity index (χ4n) is 5.31. The number of aromatic nitrogens is 1. The highest BCUT2D eigenvalue weighted by molar-refractivity contribution is 8.24. The normalized spacial score (nSPS) is 25.9. The van der Waals surface area contributed by atoms with Crippen LogP contribution in [-0.2, 0) is 24.8 Å². The maximum atomic E-state index is 12.8. The summed E-state index contributed by atoms with van der Waals surface area (Å²) in [6, 6.07) is 6.36. The molecule has 3 N–H and O–H groups in total. The fraction of sp³-hybridized carbons (Fsp3) is 0.591. The molecule has 164 valence electrons. The number of amides is 1. The van der Waals surface area contributed by atoms with Gasteiger partial charge in [-0.2, -0.15) is 10.6 Å². The second-order valence-electron chi connectivity index (χ2n) is 8.91. The lowest BCUT2D eigenvalue weighted by Crippen LogP contribution is -2.42. The quantitative estimate of drug-likeness (QED) is 0.693. The Morgan fingerprint density at radius 1 is 1.23 bits per heavy atom. The number of nitrogens with one attached hydrogen (secondary N) is 1. The van der Waals surface area contributed by atoms with Gasteiger partial charge in [0.15, 0.2) is 0 Å². The number of ether oxygens (including phenoxy) is 1. The minimum Gasteiger partial charge on any atom is -0.381 e. The van der Waals surface area contributed by atoms with Crippen LogP contribution in [-0.4, -0.2) is 67.8 Å². The van der Waals surface area contributed by atoms with Crippen LogP contribution in [0, 0.1) is 0 Å². The number of hydrogen-bond donors (Lipinski definition) is 3. The van der Waals surface area contributed by atoms with Crippen molar-refractivity contribution in [2.24, 2.45) is 7.05 Å². The van der Waals surface area contributed by atoms with Gasteiger partial charge in [0.1, 0.15) is 0 Å². The first-order chi connectivity index (χ1) is 14.4. The SMILES string of the molecule is Cn1c2c(c3cc(C(=O)NC4CCS(O)(O)C4)ccc31)CN(C1CCOCC1)CC2. The molecule has 1 aromatic carbocycles. The molecule has 3 aliphatic rings. The summed E-state index contributed by atoms with van der Waals surface area (Å²) < 4.78 is 27.5. The second-order valence-corrected chi connectivity index (χ2v) is 11.3. The lowest BCUT2D eigenvalue weighted by atomic mass is 9.99. The summed E-state index contributed by atoms with van der Waals surface area (Å²) in [7, 11) is -0.397. The molecule has 8 heteroatoms. The van der Waals surface area contributed by atoms with E-state index in [9.17, 15) is 13.9 Å². The summed E-state index contributed by atoms with van der Waals surface area (Å²) in [6.45, 7) is 3.69. The highest BCUT2D eigenvalue weighted by Crippen LogP contribution is 2.45. The van der Waals surface area contributed by atoms with Crippen LogP contribution in [0.3, 0.4) is 0 Å². The van der Waals surface area contributed by atoms with Gasteiger partial charge in [0.25, 0.3) is 5.91 Å². The third-order valence-electron chi connectivity index (χ3n) is 7.00. The highest BCUT2D eigenvalue weighted by atomic mass is 32.3. The zero-order chi connectivity index (χ0) is 20.9. The standard InChI is InChI=1S/C22H31N3O4S/c1-24-20-3-2-15(22(26)23-16-7-11-30(27,28)14-16)12-18(20)19-13-25(8-4-21(19)24)17-5-9-29-10-6-17/h2-3,12,16-17,27-28H,4-11,13-14H2,1H3,(H,23,26). The molecule has 0 spiro atoms. The van der Waals surface area contributed by atoms with E-state index in [0.29, 0.717) is 23.8 Å². The molecule has 4 heterocycles. The minimum absolute atomic E-state index is 0.131. The number of aryl methyl sites for hydroxylation is 1. The number of fused-ring (bicyclic) bond motifs is 3. The smallest absolute Gasteiger partial charge is 0.251 e. The second kappa shape index (κ2) is 7.84. The van der Waals surface area contributed by atoms with Crippen LogP contribution in [0.15, 0.2) is 18.2 Å². The molecule has 0 bridgehead atoms. The van der Waals surface area contributed by atoms with Crippen molar-refractivity contribution in [2.75, 3.05) is 31.3 Å². The van der Waals surface area contributed by atoms with Crippen molar-refractivity contribution < 1.29 is 18.6 Å². The van der Waals surface area contributed by atoms with Gasteiger partial charge in [-0.15, -0.1) is 0 Å². The van der Waals surface area contributed by atoms with E-state index in [1.807, 2.05) is 18.2 Å². The Bertz CT molecular complexity index is 967. The summed E-state index contributed by atoms with van der Waals surface area (Å²) >= 11 is 0. The van der Waals surface area contributed by atoms with E-state index >= 15 is 0 Å². The van der Waals surface area contributed by atoms with Crippen LogP contribution < -0.4 is 5.32 Å². The van der Waals surface area contributed by atoms with Crippen LogP contribution in [0.5, 0.6) is 0 Å². The molecule has 1 amide bonds. The van der Waals surface area contributed by atoms with E-state index in [-0.39, 0.29) is 17.7 Å². The van der Waals surface area contributed by atoms with Gasteiger partial charge in [0.05, 0.1) is 5.75 Å². The molecule has 1 unspecified atom stereocenters. The summed E-state index contributed by atoms with van der Waals surface area (Å²) in [5.41, 5.74) is 4.52. The van der Waals surface area contributed by atoms with Crippen molar-refractivity contribution >= 4 is 27.4 Å². The number of benzene rings is 1. The summed E-state index contributed by atoms with van der Waals surface area (Å²) in [6.07, 6.45) is 3.83. The van der Waals surface area contributed by atoms with Crippen LogP contribution in [0.2, 0.25) is 0 Å². The Morgan fingerprint density at radius 2 is 2.03 bits per heavy atom. The molecule has 0 saturated carbocycles. The molecule has 0 aliphatic carbocycles. The van der Waals surface area contributed by atoms with Gasteiger partial charge in [-0.1, -0.05) is 0 Å². The van der Waals surface area contributed by atoms with E-state index in [1.54, 1.807) is 0 Å². The zero-order valence-corrected chi connectivity index (χ0v) is 18.3. The van der Waals surface area contributed by atoms with Crippen molar-refractivity contribution in [1.29, 1.82) is 0 Å². The number of nitrogens with zero attached hydrogens (tertiary/aromatic N) is 2. The van der Waals surface area contributed by atoms with E-state index < -0.39 is 10.6 Å². The van der Waals surface area contributed by atoms with Crippen LogP contribution >= 0.6 is 10.6 Å². The lowest BCUT2D eigenvalue weighted by molar-refractivity contribution is 0.0289. The summed E-state index contributed by atoms with van der Waals surface area (Å²) in [5, 5.41) is 4.15. The lowest BCUT2D eigenvalue weighted by Gasteiger charge is -2.37. The topological polar surface area (TPSA) is 87.0 Å². The van der Waals surface area contributed by atoms with Gasteiger partial charge in [-0.05, 0) is 43.0 Å². The molecule has 1 aromatic heterocycles. The first kappa shape index (κ1) is 20.3. The fourth-order valence-corrected chi connectivity index (χ4v) is 7.03. The average molecular weight is 434 g/mol. The predicted molar refractivity (Wildman–Crippen MR) is 119 cm³/mol. The monoisotopic (exact) mass is 433 g/mol. The van der Waals surface area contributed by atoms with Gasteiger partial charge >= 0.3 is 0 Å². The maximum Gasteiger partial charge on any atom is 0.251 e. The highest BCUT2D eigenvalue weighted by Gasteiger charge is 2.31. The van der Waals surface area contributed by atoms with Gasteiger partial charge in [0.2, 0.25) is 0 Å².